The predicted molar refractivity (Wildman–Crippen MR) is 92.2 cm³/mol. The van der Waals surface area contributed by atoms with Gasteiger partial charge in [-0.15, -0.1) is 0 Å². The molecule has 0 saturated carbocycles. The summed E-state index contributed by atoms with van der Waals surface area (Å²) in [6.45, 7) is 0.319. The van der Waals surface area contributed by atoms with Crippen molar-refractivity contribution in [2.45, 2.75) is 13.1 Å². The van der Waals surface area contributed by atoms with Crippen molar-refractivity contribution in [3.63, 3.8) is 0 Å². The second kappa shape index (κ2) is 7.37. The molecule has 0 unspecified atom stereocenters. The Morgan fingerprint density at radius 1 is 0.917 bits per heavy atom. The Kier molecular flexibility index (Phi) is 4.81. The van der Waals surface area contributed by atoms with Crippen LogP contribution in [0, 0.1) is 0 Å². The van der Waals surface area contributed by atoms with Crippen LogP contribution in [0.2, 0.25) is 0 Å². The minimum Gasteiger partial charge on any atom is -0.350 e. The number of nitrogens with zero attached hydrogens (tertiary/aromatic N) is 2. The molecular formula is C19H17N3O2. The van der Waals surface area contributed by atoms with Gasteiger partial charge in [0.15, 0.2) is 0 Å². The van der Waals surface area contributed by atoms with Gasteiger partial charge in [-0.3, -0.25) is 9.59 Å². The zero-order chi connectivity index (χ0) is 16.8. The number of rotatable bonds is 5. The fraction of sp³-hybridized carbons (Fsp3) is 0.105. The van der Waals surface area contributed by atoms with Gasteiger partial charge in [0.2, 0.25) is 5.91 Å². The lowest BCUT2D eigenvalue weighted by Gasteiger charge is -2.08. The highest BCUT2D eigenvalue weighted by atomic mass is 16.2. The molecular weight excluding hydrogens is 302 g/mol. The Bertz CT molecular complexity index is 874. The van der Waals surface area contributed by atoms with Gasteiger partial charge in [0, 0.05) is 18.2 Å². The number of carbonyl (C=O) groups is 1. The van der Waals surface area contributed by atoms with E-state index in [1.807, 2.05) is 60.7 Å². The zero-order valence-corrected chi connectivity index (χ0v) is 13.1. The molecule has 0 atom stereocenters. The molecule has 3 rings (SSSR count). The van der Waals surface area contributed by atoms with E-state index in [0.29, 0.717) is 12.2 Å². The number of nitrogens with one attached hydrogen (secondary N) is 1. The zero-order valence-electron chi connectivity index (χ0n) is 13.1. The fourth-order valence-electron chi connectivity index (χ4n) is 2.31. The Labute approximate surface area is 139 Å². The van der Waals surface area contributed by atoms with Crippen molar-refractivity contribution in [1.29, 1.82) is 0 Å². The average Bonchev–Trinajstić information content (AvgIpc) is 2.63. The van der Waals surface area contributed by atoms with E-state index in [2.05, 4.69) is 10.4 Å². The number of benzene rings is 2. The highest BCUT2D eigenvalue weighted by Crippen LogP contribution is 2.13. The van der Waals surface area contributed by atoms with E-state index in [1.54, 1.807) is 6.07 Å². The van der Waals surface area contributed by atoms with Crippen molar-refractivity contribution in [2.24, 2.45) is 0 Å². The van der Waals surface area contributed by atoms with Crippen molar-refractivity contribution in [2.75, 3.05) is 0 Å². The summed E-state index contributed by atoms with van der Waals surface area (Å²) in [5.41, 5.74) is 2.26. The summed E-state index contributed by atoms with van der Waals surface area (Å²) in [7, 11) is 0. The van der Waals surface area contributed by atoms with E-state index in [-0.39, 0.29) is 18.0 Å². The summed E-state index contributed by atoms with van der Waals surface area (Å²) in [5.74, 6) is -0.251. The normalized spacial score (nSPS) is 10.3. The summed E-state index contributed by atoms with van der Waals surface area (Å²) in [5, 5.41) is 7.08. The Morgan fingerprint density at radius 3 is 2.29 bits per heavy atom. The van der Waals surface area contributed by atoms with Crippen molar-refractivity contribution in [3.8, 4) is 11.3 Å². The Morgan fingerprint density at radius 2 is 1.58 bits per heavy atom. The van der Waals surface area contributed by atoms with Gasteiger partial charge in [-0.05, 0) is 11.6 Å². The summed E-state index contributed by atoms with van der Waals surface area (Å²) in [6, 6.07) is 22.2. The van der Waals surface area contributed by atoms with Gasteiger partial charge in [-0.1, -0.05) is 60.7 Å². The minimum absolute atomic E-state index is 0.105. The van der Waals surface area contributed by atoms with Crippen LogP contribution in [0.25, 0.3) is 11.3 Å². The molecule has 2 aromatic carbocycles. The van der Waals surface area contributed by atoms with Crippen molar-refractivity contribution in [1.82, 2.24) is 15.1 Å². The first-order valence-electron chi connectivity index (χ1n) is 7.66. The van der Waals surface area contributed by atoms with Gasteiger partial charge in [-0.25, -0.2) is 4.68 Å². The topological polar surface area (TPSA) is 64.0 Å². The van der Waals surface area contributed by atoms with Crippen LogP contribution in [-0.4, -0.2) is 15.7 Å². The molecule has 1 amide bonds. The first-order valence-corrected chi connectivity index (χ1v) is 7.66. The van der Waals surface area contributed by atoms with E-state index in [4.69, 9.17) is 0 Å². The van der Waals surface area contributed by atoms with Crippen LogP contribution in [0.1, 0.15) is 5.56 Å². The van der Waals surface area contributed by atoms with Crippen LogP contribution in [0.5, 0.6) is 0 Å². The van der Waals surface area contributed by atoms with E-state index in [0.717, 1.165) is 11.1 Å². The number of carbonyl (C=O) groups excluding carboxylic acids is 1. The number of aromatic nitrogens is 2. The van der Waals surface area contributed by atoms with Gasteiger partial charge in [-0.2, -0.15) is 5.10 Å². The van der Waals surface area contributed by atoms with E-state index in [1.165, 1.54) is 10.7 Å². The molecule has 1 N–H and O–H groups in total. The van der Waals surface area contributed by atoms with Gasteiger partial charge in [0.25, 0.3) is 5.56 Å². The molecule has 0 aliphatic heterocycles. The minimum atomic E-state index is -0.301. The lowest BCUT2D eigenvalue weighted by atomic mass is 10.1. The molecule has 1 aromatic heterocycles. The van der Waals surface area contributed by atoms with Crippen molar-refractivity contribution >= 4 is 5.91 Å². The molecule has 3 aromatic rings. The third kappa shape index (κ3) is 3.95. The largest absolute Gasteiger partial charge is 0.350 e. The molecule has 0 saturated heterocycles. The second-order valence-corrected chi connectivity index (χ2v) is 5.34. The summed E-state index contributed by atoms with van der Waals surface area (Å²) < 4.78 is 1.18. The first-order chi connectivity index (χ1) is 11.7. The number of hydrogen-bond donors (Lipinski definition) is 1. The third-order valence-corrected chi connectivity index (χ3v) is 3.56. The van der Waals surface area contributed by atoms with Gasteiger partial charge >= 0.3 is 0 Å². The maximum absolute atomic E-state index is 12.1. The molecule has 1 heterocycles. The number of hydrogen-bond acceptors (Lipinski definition) is 3. The van der Waals surface area contributed by atoms with Crippen LogP contribution in [0.3, 0.4) is 0 Å². The molecule has 5 nitrogen and oxygen atoms in total. The molecule has 0 spiro atoms. The van der Waals surface area contributed by atoms with Gasteiger partial charge in [0.1, 0.15) is 6.54 Å². The second-order valence-electron chi connectivity index (χ2n) is 5.34. The van der Waals surface area contributed by atoms with Crippen LogP contribution < -0.4 is 10.9 Å². The fourth-order valence-corrected chi connectivity index (χ4v) is 2.31. The maximum atomic E-state index is 12.1. The molecule has 0 aliphatic rings. The van der Waals surface area contributed by atoms with Crippen LogP contribution in [0.15, 0.2) is 77.6 Å². The maximum Gasteiger partial charge on any atom is 0.267 e. The molecule has 5 heteroatoms. The highest BCUT2D eigenvalue weighted by Gasteiger charge is 2.07. The smallest absolute Gasteiger partial charge is 0.267 e. The molecule has 0 fully saturated rings. The predicted octanol–water partition coefficient (Wildman–Crippen LogP) is 2.23. The summed E-state index contributed by atoms with van der Waals surface area (Å²) >= 11 is 0. The molecule has 0 bridgehead atoms. The Balaban J connectivity index is 1.70. The lowest BCUT2D eigenvalue weighted by Crippen LogP contribution is -2.33. The lowest BCUT2D eigenvalue weighted by molar-refractivity contribution is -0.122. The third-order valence-electron chi connectivity index (χ3n) is 3.56. The highest BCUT2D eigenvalue weighted by molar-refractivity contribution is 5.75. The van der Waals surface area contributed by atoms with Crippen LogP contribution in [0.4, 0.5) is 0 Å². The van der Waals surface area contributed by atoms with E-state index < -0.39 is 0 Å². The number of amides is 1. The average molecular weight is 319 g/mol. The quantitative estimate of drug-likeness (QED) is 0.784. The van der Waals surface area contributed by atoms with Crippen LogP contribution in [-0.2, 0) is 17.9 Å². The van der Waals surface area contributed by atoms with Crippen molar-refractivity contribution in [3.05, 3.63) is 88.7 Å². The molecule has 120 valence electrons. The van der Waals surface area contributed by atoms with Gasteiger partial charge < -0.3 is 5.32 Å². The first kappa shape index (κ1) is 15.7. The SMILES string of the molecule is O=C(Cn1nc(-c2ccccc2)ccc1=O)NCc1ccccc1. The molecule has 0 aliphatic carbocycles. The van der Waals surface area contributed by atoms with Crippen molar-refractivity contribution < 1.29 is 4.79 Å². The Hall–Kier alpha value is -3.21. The molecule has 24 heavy (non-hydrogen) atoms. The standard InChI is InChI=1S/C19H17N3O2/c23-18(20-13-15-7-3-1-4-8-15)14-22-19(24)12-11-17(21-22)16-9-5-2-6-10-16/h1-12H,13-14H2,(H,20,23). The van der Waals surface area contributed by atoms with E-state index >= 15 is 0 Å². The summed E-state index contributed by atoms with van der Waals surface area (Å²) in [4.78, 5) is 24.0. The van der Waals surface area contributed by atoms with Crippen LogP contribution >= 0.6 is 0 Å². The van der Waals surface area contributed by atoms with Gasteiger partial charge in [0.05, 0.1) is 5.69 Å². The summed E-state index contributed by atoms with van der Waals surface area (Å²) in [6.07, 6.45) is 0. The van der Waals surface area contributed by atoms with E-state index in [9.17, 15) is 9.59 Å². The molecule has 0 radical (unpaired) electrons. The monoisotopic (exact) mass is 319 g/mol.